The van der Waals surface area contributed by atoms with Crippen molar-refractivity contribution in [2.75, 3.05) is 12.3 Å². The summed E-state index contributed by atoms with van der Waals surface area (Å²) in [5, 5.41) is 0.671. The molecule has 0 aliphatic carbocycles. The third-order valence-electron chi connectivity index (χ3n) is 4.56. The van der Waals surface area contributed by atoms with Crippen molar-refractivity contribution in [2.24, 2.45) is 0 Å². The average molecular weight is 403 g/mol. The van der Waals surface area contributed by atoms with Crippen LogP contribution in [0.1, 0.15) is 16.8 Å². The fraction of sp³-hybridized carbons (Fsp3) is 0.222. The zero-order chi connectivity index (χ0) is 19.0. The van der Waals surface area contributed by atoms with Crippen LogP contribution in [0.2, 0.25) is 10.3 Å². The van der Waals surface area contributed by atoms with Crippen LogP contribution in [0.25, 0.3) is 11.4 Å². The fourth-order valence-corrected chi connectivity index (χ4v) is 3.57. The first kappa shape index (κ1) is 17.9. The van der Waals surface area contributed by atoms with E-state index in [9.17, 15) is 4.79 Å². The van der Waals surface area contributed by atoms with Gasteiger partial charge in [0.1, 0.15) is 22.5 Å². The Labute approximate surface area is 165 Å². The van der Waals surface area contributed by atoms with Crippen molar-refractivity contribution in [2.45, 2.75) is 19.5 Å². The van der Waals surface area contributed by atoms with Crippen molar-refractivity contribution in [3.8, 4) is 11.4 Å². The summed E-state index contributed by atoms with van der Waals surface area (Å²) < 4.78 is 0. The molecule has 0 unspecified atom stereocenters. The van der Waals surface area contributed by atoms with Gasteiger partial charge in [0.05, 0.1) is 5.69 Å². The first-order valence-corrected chi connectivity index (χ1v) is 9.12. The SMILES string of the molecule is Nc1ccc(-c2nc3c(c(=O)[nH]2)CCN(Cc2c(Cl)ncnc2Cl)C3)cc1. The second kappa shape index (κ2) is 7.26. The van der Waals surface area contributed by atoms with E-state index in [2.05, 4.69) is 24.8 Å². The number of nitrogen functional groups attached to an aromatic ring is 1. The molecule has 0 bridgehead atoms. The molecule has 1 aliphatic rings. The molecular formula is C18H16Cl2N6O. The molecular weight excluding hydrogens is 387 g/mol. The van der Waals surface area contributed by atoms with Gasteiger partial charge in [0, 0.05) is 42.0 Å². The maximum atomic E-state index is 12.5. The maximum absolute atomic E-state index is 12.5. The van der Waals surface area contributed by atoms with Gasteiger partial charge in [-0.1, -0.05) is 23.2 Å². The molecule has 138 valence electrons. The second-order valence-corrected chi connectivity index (χ2v) is 7.07. The number of anilines is 1. The Balaban J connectivity index is 1.63. The number of nitrogens with zero attached hydrogens (tertiary/aromatic N) is 4. The van der Waals surface area contributed by atoms with Gasteiger partial charge in [-0.15, -0.1) is 0 Å². The highest BCUT2D eigenvalue weighted by atomic mass is 35.5. The number of H-pyrrole nitrogens is 1. The third-order valence-corrected chi connectivity index (χ3v) is 5.21. The van der Waals surface area contributed by atoms with Gasteiger partial charge >= 0.3 is 0 Å². The average Bonchev–Trinajstić information content (AvgIpc) is 2.65. The molecule has 0 radical (unpaired) electrons. The quantitative estimate of drug-likeness (QED) is 0.515. The molecule has 2 aromatic heterocycles. The summed E-state index contributed by atoms with van der Waals surface area (Å²) in [7, 11) is 0. The molecule has 0 saturated heterocycles. The predicted molar refractivity (Wildman–Crippen MR) is 105 cm³/mol. The molecule has 0 fully saturated rings. The minimum Gasteiger partial charge on any atom is -0.399 e. The van der Waals surface area contributed by atoms with Crippen molar-refractivity contribution in [3.05, 3.63) is 68.1 Å². The van der Waals surface area contributed by atoms with Crippen LogP contribution in [0.15, 0.2) is 35.4 Å². The van der Waals surface area contributed by atoms with Crippen LogP contribution in [0.4, 0.5) is 5.69 Å². The standard InChI is InChI=1S/C18H16Cl2N6O/c19-15-13(16(20)23-9-22-15)7-26-6-5-12-14(8-26)24-17(25-18(12)27)10-1-3-11(21)4-2-10/h1-4,9H,5-8,21H2,(H,24,25,27). The van der Waals surface area contributed by atoms with Gasteiger partial charge in [-0.25, -0.2) is 15.0 Å². The molecule has 3 aromatic rings. The number of hydrogen-bond acceptors (Lipinski definition) is 6. The van der Waals surface area contributed by atoms with E-state index in [1.807, 2.05) is 12.1 Å². The van der Waals surface area contributed by atoms with Gasteiger partial charge < -0.3 is 10.7 Å². The first-order chi connectivity index (χ1) is 13.0. The van der Waals surface area contributed by atoms with Crippen LogP contribution < -0.4 is 11.3 Å². The number of benzene rings is 1. The second-order valence-electron chi connectivity index (χ2n) is 6.36. The summed E-state index contributed by atoms with van der Waals surface area (Å²) >= 11 is 12.3. The Kier molecular flexibility index (Phi) is 4.82. The number of aromatic amines is 1. The Morgan fingerprint density at radius 2 is 1.85 bits per heavy atom. The lowest BCUT2D eigenvalue weighted by molar-refractivity contribution is 0.240. The molecule has 7 nitrogen and oxygen atoms in total. The van der Waals surface area contributed by atoms with Gasteiger partial charge in [-0.3, -0.25) is 9.69 Å². The predicted octanol–water partition coefficient (Wildman–Crippen LogP) is 2.67. The molecule has 9 heteroatoms. The normalized spacial score (nSPS) is 14.1. The zero-order valence-electron chi connectivity index (χ0n) is 14.2. The monoisotopic (exact) mass is 402 g/mol. The van der Waals surface area contributed by atoms with Crippen molar-refractivity contribution >= 4 is 28.9 Å². The summed E-state index contributed by atoms with van der Waals surface area (Å²) in [5.74, 6) is 0.528. The highest BCUT2D eigenvalue weighted by Crippen LogP contribution is 2.25. The molecule has 0 atom stereocenters. The number of halogens is 2. The lowest BCUT2D eigenvalue weighted by Crippen LogP contribution is -2.35. The third kappa shape index (κ3) is 3.66. The molecule has 0 amide bonds. The highest BCUT2D eigenvalue weighted by Gasteiger charge is 2.23. The summed E-state index contributed by atoms with van der Waals surface area (Å²) in [6, 6.07) is 7.23. The van der Waals surface area contributed by atoms with E-state index in [0.717, 1.165) is 11.3 Å². The van der Waals surface area contributed by atoms with Crippen LogP contribution in [0, 0.1) is 0 Å². The number of rotatable bonds is 3. The Hall–Kier alpha value is -2.48. The summed E-state index contributed by atoms with van der Waals surface area (Å²) in [4.78, 5) is 30.1. The number of nitrogens with one attached hydrogen (secondary N) is 1. The number of hydrogen-bond donors (Lipinski definition) is 2. The minimum atomic E-state index is -0.106. The van der Waals surface area contributed by atoms with Crippen LogP contribution in [0.3, 0.4) is 0 Å². The smallest absolute Gasteiger partial charge is 0.254 e. The van der Waals surface area contributed by atoms with E-state index >= 15 is 0 Å². The maximum Gasteiger partial charge on any atom is 0.254 e. The summed E-state index contributed by atoms with van der Waals surface area (Å²) in [6.45, 7) is 1.70. The van der Waals surface area contributed by atoms with E-state index in [1.165, 1.54) is 6.33 Å². The summed E-state index contributed by atoms with van der Waals surface area (Å²) in [6.07, 6.45) is 1.93. The molecule has 3 N–H and O–H groups in total. The zero-order valence-corrected chi connectivity index (χ0v) is 15.8. The molecule has 3 heterocycles. The van der Waals surface area contributed by atoms with Crippen LogP contribution in [-0.2, 0) is 19.5 Å². The van der Waals surface area contributed by atoms with Gasteiger partial charge in [0.15, 0.2) is 0 Å². The molecule has 4 rings (SSSR count). The molecule has 0 spiro atoms. The van der Waals surface area contributed by atoms with Gasteiger partial charge in [-0.2, -0.15) is 0 Å². The summed E-state index contributed by atoms with van der Waals surface area (Å²) in [5.41, 5.74) is 9.23. The van der Waals surface area contributed by atoms with Crippen molar-refractivity contribution in [1.29, 1.82) is 0 Å². The highest BCUT2D eigenvalue weighted by molar-refractivity contribution is 6.34. The van der Waals surface area contributed by atoms with Gasteiger partial charge in [0.2, 0.25) is 0 Å². The lowest BCUT2D eigenvalue weighted by Gasteiger charge is -2.28. The van der Waals surface area contributed by atoms with E-state index in [0.29, 0.717) is 59.0 Å². The Morgan fingerprint density at radius 3 is 2.56 bits per heavy atom. The van der Waals surface area contributed by atoms with E-state index in [-0.39, 0.29) is 5.56 Å². The Bertz CT molecular complexity index is 1030. The van der Waals surface area contributed by atoms with E-state index < -0.39 is 0 Å². The van der Waals surface area contributed by atoms with Crippen LogP contribution in [0.5, 0.6) is 0 Å². The van der Waals surface area contributed by atoms with Crippen molar-refractivity contribution in [3.63, 3.8) is 0 Å². The van der Waals surface area contributed by atoms with Gasteiger partial charge in [-0.05, 0) is 30.7 Å². The first-order valence-electron chi connectivity index (χ1n) is 8.36. The van der Waals surface area contributed by atoms with Crippen LogP contribution >= 0.6 is 23.2 Å². The number of aromatic nitrogens is 4. The topological polar surface area (TPSA) is 101 Å². The van der Waals surface area contributed by atoms with E-state index in [4.69, 9.17) is 28.9 Å². The van der Waals surface area contributed by atoms with Gasteiger partial charge in [0.25, 0.3) is 5.56 Å². The van der Waals surface area contributed by atoms with Crippen LogP contribution in [-0.4, -0.2) is 31.4 Å². The Morgan fingerprint density at radius 1 is 1.15 bits per heavy atom. The molecule has 27 heavy (non-hydrogen) atoms. The fourth-order valence-electron chi connectivity index (χ4n) is 3.13. The number of nitrogens with two attached hydrogens (primary N) is 1. The molecule has 1 aliphatic heterocycles. The largest absolute Gasteiger partial charge is 0.399 e. The van der Waals surface area contributed by atoms with Crippen molar-refractivity contribution in [1.82, 2.24) is 24.8 Å². The van der Waals surface area contributed by atoms with E-state index in [1.54, 1.807) is 12.1 Å². The number of fused-ring (bicyclic) bond motifs is 1. The van der Waals surface area contributed by atoms with Crippen molar-refractivity contribution < 1.29 is 0 Å². The molecule has 1 aromatic carbocycles. The molecule has 0 saturated carbocycles. The lowest BCUT2D eigenvalue weighted by atomic mass is 10.1. The minimum absolute atomic E-state index is 0.106.